The van der Waals surface area contributed by atoms with E-state index >= 15 is 0 Å². The minimum atomic E-state index is -0.220. The van der Waals surface area contributed by atoms with Gasteiger partial charge in [-0.3, -0.25) is 9.59 Å². The Balaban J connectivity index is 1.29. The van der Waals surface area contributed by atoms with Gasteiger partial charge >= 0.3 is 0 Å². The van der Waals surface area contributed by atoms with Gasteiger partial charge in [0.15, 0.2) is 0 Å². The Hall–Kier alpha value is -2.89. The normalized spacial score (nSPS) is 23.2. The minimum Gasteiger partial charge on any atom is -0.366 e. The Bertz CT molecular complexity index is 1060. The van der Waals surface area contributed by atoms with Gasteiger partial charge in [0.1, 0.15) is 5.82 Å². The van der Waals surface area contributed by atoms with E-state index < -0.39 is 0 Å². The first-order valence-corrected chi connectivity index (χ1v) is 13.7. The van der Waals surface area contributed by atoms with Gasteiger partial charge in [-0.2, -0.15) is 0 Å². The van der Waals surface area contributed by atoms with Gasteiger partial charge in [-0.25, -0.2) is 4.39 Å². The lowest BCUT2D eigenvalue weighted by Crippen LogP contribution is -2.54. The third kappa shape index (κ3) is 5.28. The van der Waals surface area contributed by atoms with Crippen LogP contribution in [0.15, 0.2) is 48.5 Å². The van der Waals surface area contributed by atoms with Crippen molar-refractivity contribution in [2.24, 2.45) is 11.8 Å². The maximum atomic E-state index is 14.3. The predicted molar refractivity (Wildman–Crippen MR) is 140 cm³/mol. The fraction of sp³-hybridized carbons (Fsp3) is 0.533. The van der Waals surface area contributed by atoms with Crippen LogP contribution in [0.3, 0.4) is 0 Å². The first-order chi connectivity index (χ1) is 17.5. The summed E-state index contributed by atoms with van der Waals surface area (Å²) >= 11 is 0. The number of hydrogen-bond acceptors (Lipinski definition) is 3. The van der Waals surface area contributed by atoms with Crippen LogP contribution in [0.2, 0.25) is 0 Å². The molecule has 2 aromatic carbocycles. The number of halogens is 1. The molecule has 1 aliphatic carbocycles. The molecule has 2 aliphatic heterocycles. The molecule has 3 fully saturated rings. The number of piperidine rings is 1. The van der Waals surface area contributed by atoms with Crippen LogP contribution in [-0.4, -0.2) is 60.9 Å². The van der Waals surface area contributed by atoms with Gasteiger partial charge in [0.25, 0.3) is 0 Å². The summed E-state index contributed by atoms with van der Waals surface area (Å²) in [4.78, 5) is 33.1. The number of aryl methyl sites for hydroxylation is 1. The van der Waals surface area contributed by atoms with Gasteiger partial charge in [0.05, 0.1) is 11.6 Å². The lowest BCUT2D eigenvalue weighted by atomic mass is 9.82. The molecular formula is C30H38FN3O2. The van der Waals surface area contributed by atoms with Crippen molar-refractivity contribution in [3.63, 3.8) is 0 Å². The molecule has 2 amide bonds. The second-order valence-corrected chi connectivity index (χ2v) is 10.7. The molecule has 5 nitrogen and oxygen atoms in total. The Kier molecular flexibility index (Phi) is 7.59. The molecule has 5 rings (SSSR count). The molecule has 0 radical (unpaired) electrons. The lowest BCUT2D eigenvalue weighted by molar-refractivity contribution is -0.143. The molecular weight excluding hydrogens is 453 g/mol. The maximum Gasteiger partial charge on any atom is 0.227 e. The highest BCUT2D eigenvalue weighted by Gasteiger charge is 2.39. The van der Waals surface area contributed by atoms with Crippen LogP contribution in [0.5, 0.6) is 0 Å². The summed E-state index contributed by atoms with van der Waals surface area (Å²) in [6.07, 6.45) is 5.97. The van der Waals surface area contributed by atoms with Crippen LogP contribution < -0.4 is 4.90 Å². The molecule has 192 valence electrons. The highest BCUT2D eigenvalue weighted by Crippen LogP contribution is 2.35. The molecule has 0 N–H and O–H groups in total. The van der Waals surface area contributed by atoms with Crippen LogP contribution in [0.4, 0.5) is 10.1 Å². The number of anilines is 1. The van der Waals surface area contributed by atoms with E-state index in [4.69, 9.17) is 0 Å². The Labute approximate surface area is 214 Å². The molecule has 0 bridgehead atoms. The van der Waals surface area contributed by atoms with Gasteiger partial charge in [-0.15, -0.1) is 0 Å². The predicted octanol–water partition coefficient (Wildman–Crippen LogP) is 4.86. The highest BCUT2D eigenvalue weighted by molar-refractivity contribution is 5.83. The van der Waals surface area contributed by atoms with Gasteiger partial charge < -0.3 is 14.7 Å². The van der Waals surface area contributed by atoms with Crippen LogP contribution in [0.1, 0.15) is 56.1 Å². The summed E-state index contributed by atoms with van der Waals surface area (Å²) in [5.74, 6) is 0.254. The fourth-order valence-corrected chi connectivity index (χ4v) is 6.29. The standard InChI is InChI=1S/C30H38FN3O2/c1-2-22-11-13-23(14-12-22)25-19-26(21-34(20-25)29(35)24-7-3-4-8-24)30(36)33-17-15-32(16-18-33)28-10-6-5-9-27(28)31/h5-6,9-14,24-26H,2-4,7-8,15-21H2,1H3/t25-,26-/m1/s1. The third-order valence-electron chi connectivity index (χ3n) is 8.46. The van der Waals surface area contributed by atoms with Crippen LogP contribution >= 0.6 is 0 Å². The quantitative estimate of drug-likeness (QED) is 0.600. The maximum absolute atomic E-state index is 14.3. The molecule has 1 saturated carbocycles. The number of likely N-dealkylation sites (tertiary alicyclic amines) is 1. The summed E-state index contributed by atoms with van der Waals surface area (Å²) in [5, 5.41) is 0. The number of piperazine rings is 1. The van der Waals surface area contributed by atoms with Crippen molar-refractivity contribution in [1.82, 2.24) is 9.80 Å². The molecule has 0 spiro atoms. The summed E-state index contributed by atoms with van der Waals surface area (Å²) in [5.41, 5.74) is 3.12. The molecule has 2 aromatic rings. The first kappa shape index (κ1) is 24.8. The number of amides is 2. The molecule has 36 heavy (non-hydrogen) atoms. The van der Waals surface area contributed by atoms with E-state index in [2.05, 4.69) is 31.2 Å². The SMILES string of the molecule is CCc1ccc([C@@H]2C[C@@H](C(=O)N3CCN(c4ccccc4F)CC3)CN(C(=O)C3CCCC3)C2)cc1. The van der Waals surface area contributed by atoms with Gasteiger partial charge in [-0.1, -0.05) is 56.2 Å². The van der Waals surface area contributed by atoms with E-state index in [-0.39, 0.29) is 35.4 Å². The van der Waals surface area contributed by atoms with E-state index in [1.54, 1.807) is 12.1 Å². The number of rotatable bonds is 5. The molecule has 2 atom stereocenters. The second-order valence-electron chi connectivity index (χ2n) is 10.7. The van der Waals surface area contributed by atoms with Crippen molar-refractivity contribution < 1.29 is 14.0 Å². The summed E-state index contributed by atoms with van der Waals surface area (Å²) in [6, 6.07) is 15.5. The second kappa shape index (κ2) is 11.0. The van der Waals surface area contributed by atoms with Crippen LogP contribution in [-0.2, 0) is 16.0 Å². The highest BCUT2D eigenvalue weighted by atomic mass is 19.1. The summed E-state index contributed by atoms with van der Waals surface area (Å²) < 4.78 is 14.3. The van der Waals surface area contributed by atoms with E-state index in [0.717, 1.165) is 38.5 Å². The minimum absolute atomic E-state index is 0.117. The van der Waals surface area contributed by atoms with Crippen LogP contribution in [0.25, 0.3) is 0 Å². The van der Waals surface area contributed by atoms with Gasteiger partial charge in [0.2, 0.25) is 11.8 Å². The van der Waals surface area contributed by atoms with Crippen molar-refractivity contribution in [3.8, 4) is 0 Å². The molecule has 0 aromatic heterocycles. The number of carbonyl (C=O) groups is 2. The zero-order valence-corrected chi connectivity index (χ0v) is 21.4. The third-order valence-corrected chi connectivity index (χ3v) is 8.46. The molecule has 6 heteroatoms. The van der Waals surface area contributed by atoms with Crippen molar-refractivity contribution in [3.05, 3.63) is 65.5 Å². The summed E-state index contributed by atoms with van der Waals surface area (Å²) in [7, 11) is 0. The van der Waals surface area contributed by atoms with E-state index in [0.29, 0.717) is 45.0 Å². The van der Waals surface area contributed by atoms with Crippen LogP contribution in [0, 0.1) is 17.7 Å². The molecule has 2 heterocycles. The average molecular weight is 492 g/mol. The Morgan fingerprint density at radius 2 is 1.50 bits per heavy atom. The lowest BCUT2D eigenvalue weighted by Gasteiger charge is -2.42. The van der Waals surface area contributed by atoms with Crippen molar-refractivity contribution in [2.75, 3.05) is 44.2 Å². The van der Waals surface area contributed by atoms with Crippen molar-refractivity contribution in [2.45, 2.75) is 51.4 Å². The van der Waals surface area contributed by atoms with Crippen molar-refractivity contribution >= 4 is 17.5 Å². The number of benzene rings is 2. The number of nitrogens with zero attached hydrogens (tertiary/aromatic N) is 3. The van der Waals surface area contributed by atoms with E-state index in [1.807, 2.05) is 20.8 Å². The summed E-state index contributed by atoms with van der Waals surface area (Å²) in [6.45, 7) is 5.76. The monoisotopic (exact) mass is 491 g/mol. The Morgan fingerprint density at radius 3 is 2.17 bits per heavy atom. The smallest absolute Gasteiger partial charge is 0.227 e. The first-order valence-electron chi connectivity index (χ1n) is 13.7. The Morgan fingerprint density at radius 1 is 0.833 bits per heavy atom. The number of para-hydroxylation sites is 1. The van der Waals surface area contributed by atoms with E-state index in [9.17, 15) is 14.0 Å². The largest absolute Gasteiger partial charge is 0.366 e. The van der Waals surface area contributed by atoms with E-state index in [1.165, 1.54) is 17.2 Å². The van der Waals surface area contributed by atoms with Gasteiger partial charge in [0, 0.05) is 51.1 Å². The van der Waals surface area contributed by atoms with Crippen molar-refractivity contribution in [1.29, 1.82) is 0 Å². The number of hydrogen-bond donors (Lipinski definition) is 0. The molecule has 0 unspecified atom stereocenters. The molecule has 2 saturated heterocycles. The fourth-order valence-electron chi connectivity index (χ4n) is 6.29. The topological polar surface area (TPSA) is 43.9 Å². The molecule has 3 aliphatic rings. The zero-order valence-electron chi connectivity index (χ0n) is 21.4. The van der Waals surface area contributed by atoms with Gasteiger partial charge in [-0.05, 0) is 48.9 Å². The zero-order chi connectivity index (χ0) is 25.1. The number of carbonyl (C=O) groups excluding carboxylic acids is 2. The average Bonchev–Trinajstić information content (AvgIpc) is 3.48.